The number of rotatable bonds is 3. The van der Waals surface area contributed by atoms with E-state index in [-0.39, 0.29) is 11.3 Å². The fourth-order valence-corrected chi connectivity index (χ4v) is 1.56. The maximum absolute atomic E-state index is 13.4. The van der Waals surface area contributed by atoms with Crippen LogP contribution in [0.1, 0.15) is 18.6 Å². The van der Waals surface area contributed by atoms with Crippen LogP contribution in [0.4, 0.5) is 4.39 Å². The number of carbonyl (C=O) groups is 1. The number of ketones is 1. The van der Waals surface area contributed by atoms with Crippen LogP contribution in [0.3, 0.4) is 0 Å². The van der Waals surface area contributed by atoms with Gasteiger partial charge < -0.3 is 4.74 Å². The Hall–Kier alpha value is -0.740. The molecule has 0 radical (unpaired) electrons. The minimum atomic E-state index is -0.817. The molecule has 0 aliphatic rings. The van der Waals surface area contributed by atoms with Gasteiger partial charge in [0.25, 0.3) is 0 Å². The number of hydrogen-bond donors (Lipinski definition) is 0. The first-order valence-corrected chi connectivity index (χ1v) is 4.83. The Kier molecular flexibility index (Phi) is 3.77. The second-order valence-electron chi connectivity index (χ2n) is 2.89. The summed E-state index contributed by atoms with van der Waals surface area (Å²) >= 11 is 3.14. The lowest BCUT2D eigenvalue weighted by atomic mass is 10.1. The Morgan fingerprint density at radius 1 is 1.57 bits per heavy atom. The molecule has 1 aromatic carbocycles. The second-order valence-corrected chi connectivity index (χ2v) is 3.81. The molecule has 0 fully saturated rings. The summed E-state index contributed by atoms with van der Waals surface area (Å²) in [5.41, 5.74) is 0.267. The van der Waals surface area contributed by atoms with Crippen molar-refractivity contribution in [3.8, 4) is 0 Å². The van der Waals surface area contributed by atoms with Crippen molar-refractivity contribution in [1.82, 2.24) is 0 Å². The monoisotopic (exact) mass is 260 g/mol. The van der Waals surface area contributed by atoms with Crippen LogP contribution >= 0.6 is 15.9 Å². The van der Waals surface area contributed by atoms with E-state index in [4.69, 9.17) is 4.74 Å². The first-order valence-electron chi connectivity index (χ1n) is 4.04. The van der Waals surface area contributed by atoms with Gasteiger partial charge in [-0.1, -0.05) is 22.0 Å². The molecular weight excluding hydrogens is 251 g/mol. The topological polar surface area (TPSA) is 26.3 Å². The number of methoxy groups -OCH3 is 1. The van der Waals surface area contributed by atoms with Crippen molar-refractivity contribution in [3.05, 3.63) is 34.1 Å². The quantitative estimate of drug-likeness (QED) is 0.836. The maximum Gasteiger partial charge on any atom is 0.163 e. The van der Waals surface area contributed by atoms with Crippen molar-refractivity contribution in [2.75, 3.05) is 7.11 Å². The molecule has 0 aromatic heterocycles. The third kappa shape index (κ3) is 2.39. The fraction of sp³-hybridized carbons (Fsp3) is 0.300. The average Bonchev–Trinajstić information content (AvgIpc) is 2.09. The molecule has 0 saturated carbocycles. The first kappa shape index (κ1) is 11.3. The summed E-state index contributed by atoms with van der Waals surface area (Å²) in [6.45, 7) is 1.37. The third-order valence-electron chi connectivity index (χ3n) is 1.85. The normalized spacial score (nSPS) is 12.6. The van der Waals surface area contributed by atoms with E-state index in [1.807, 2.05) is 0 Å². The summed E-state index contributed by atoms with van der Waals surface area (Å²) in [4.78, 5) is 11.1. The van der Waals surface area contributed by atoms with Crippen LogP contribution in [0.15, 0.2) is 22.7 Å². The Morgan fingerprint density at radius 3 is 2.64 bits per heavy atom. The smallest absolute Gasteiger partial charge is 0.163 e. The van der Waals surface area contributed by atoms with Gasteiger partial charge in [0.2, 0.25) is 0 Å². The highest BCUT2D eigenvalue weighted by atomic mass is 79.9. The lowest BCUT2D eigenvalue weighted by Gasteiger charge is -2.12. The lowest BCUT2D eigenvalue weighted by molar-refractivity contribution is -0.127. The van der Waals surface area contributed by atoms with Gasteiger partial charge in [-0.2, -0.15) is 0 Å². The summed E-state index contributed by atoms with van der Waals surface area (Å²) in [6.07, 6.45) is -0.817. The molecule has 0 bridgehead atoms. The van der Waals surface area contributed by atoms with Gasteiger partial charge in [0.1, 0.15) is 11.9 Å². The molecule has 0 N–H and O–H groups in total. The summed E-state index contributed by atoms with van der Waals surface area (Å²) < 4.78 is 18.9. The molecule has 0 aliphatic heterocycles. The number of hydrogen-bond acceptors (Lipinski definition) is 2. The largest absolute Gasteiger partial charge is 0.369 e. The number of carbonyl (C=O) groups excluding carboxylic acids is 1. The van der Waals surface area contributed by atoms with Gasteiger partial charge in [0.15, 0.2) is 5.78 Å². The van der Waals surface area contributed by atoms with Crippen molar-refractivity contribution in [1.29, 1.82) is 0 Å². The molecule has 1 rings (SSSR count). The van der Waals surface area contributed by atoms with Crippen molar-refractivity contribution in [2.24, 2.45) is 0 Å². The molecule has 0 aliphatic carbocycles. The minimum absolute atomic E-state index is 0.214. The molecule has 1 unspecified atom stereocenters. The number of ether oxygens (including phenoxy) is 1. The van der Waals surface area contributed by atoms with Crippen molar-refractivity contribution >= 4 is 21.7 Å². The van der Waals surface area contributed by atoms with Crippen LogP contribution in [0, 0.1) is 5.82 Å². The molecule has 14 heavy (non-hydrogen) atoms. The van der Waals surface area contributed by atoms with E-state index in [2.05, 4.69) is 15.9 Å². The molecule has 76 valence electrons. The minimum Gasteiger partial charge on any atom is -0.369 e. The summed E-state index contributed by atoms with van der Waals surface area (Å²) in [5.74, 6) is -0.657. The molecule has 4 heteroatoms. The van der Waals surface area contributed by atoms with E-state index in [1.165, 1.54) is 26.2 Å². The zero-order valence-electron chi connectivity index (χ0n) is 7.88. The lowest BCUT2D eigenvalue weighted by Crippen LogP contribution is -2.12. The van der Waals surface area contributed by atoms with Crippen LogP contribution in [0.25, 0.3) is 0 Å². The van der Waals surface area contributed by atoms with Crippen LogP contribution in [0.5, 0.6) is 0 Å². The van der Waals surface area contributed by atoms with Crippen molar-refractivity contribution < 1.29 is 13.9 Å². The number of halogens is 2. The molecular formula is C10H10BrFO2. The van der Waals surface area contributed by atoms with Gasteiger partial charge in [-0.3, -0.25) is 4.79 Å². The standard InChI is InChI=1S/C10H10BrFO2/c1-6(13)10(14-2)8-4-3-7(11)5-9(8)12/h3-5,10H,1-2H3. The van der Waals surface area contributed by atoms with Crippen molar-refractivity contribution in [3.63, 3.8) is 0 Å². The highest BCUT2D eigenvalue weighted by Gasteiger charge is 2.19. The van der Waals surface area contributed by atoms with E-state index in [9.17, 15) is 9.18 Å². The Labute approximate surface area is 90.2 Å². The van der Waals surface area contributed by atoms with Gasteiger partial charge >= 0.3 is 0 Å². The van der Waals surface area contributed by atoms with Crippen LogP contribution in [0.2, 0.25) is 0 Å². The van der Waals surface area contributed by atoms with E-state index in [0.717, 1.165) is 0 Å². The molecule has 2 nitrogen and oxygen atoms in total. The third-order valence-corrected chi connectivity index (χ3v) is 2.34. The van der Waals surface area contributed by atoms with Crippen LogP contribution in [-0.4, -0.2) is 12.9 Å². The maximum atomic E-state index is 13.4. The first-order chi connectivity index (χ1) is 6.56. The summed E-state index contributed by atoms with van der Waals surface area (Å²) in [6, 6.07) is 4.52. The van der Waals surface area contributed by atoms with Gasteiger partial charge in [-0.25, -0.2) is 4.39 Å². The average molecular weight is 261 g/mol. The fourth-order valence-electron chi connectivity index (χ4n) is 1.23. The van der Waals surface area contributed by atoms with Crippen LogP contribution < -0.4 is 0 Å². The van der Waals surface area contributed by atoms with Gasteiger partial charge in [0.05, 0.1) is 0 Å². The zero-order valence-corrected chi connectivity index (χ0v) is 9.47. The highest BCUT2D eigenvalue weighted by molar-refractivity contribution is 9.10. The Balaban J connectivity index is 3.10. The van der Waals surface area contributed by atoms with Gasteiger partial charge in [-0.15, -0.1) is 0 Å². The SMILES string of the molecule is COC(C(C)=O)c1ccc(Br)cc1F. The van der Waals surface area contributed by atoms with Crippen molar-refractivity contribution in [2.45, 2.75) is 13.0 Å². The Bertz CT molecular complexity index is 352. The summed E-state index contributed by atoms with van der Waals surface area (Å²) in [5, 5.41) is 0. The van der Waals surface area contributed by atoms with E-state index >= 15 is 0 Å². The molecule has 0 amide bonds. The van der Waals surface area contributed by atoms with E-state index < -0.39 is 11.9 Å². The number of benzene rings is 1. The van der Waals surface area contributed by atoms with Gasteiger partial charge in [0, 0.05) is 17.1 Å². The zero-order chi connectivity index (χ0) is 10.7. The molecule has 0 heterocycles. The van der Waals surface area contributed by atoms with Crippen LogP contribution in [-0.2, 0) is 9.53 Å². The molecule has 0 spiro atoms. The van der Waals surface area contributed by atoms with Gasteiger partial charge in [-0.05, 0) is 19.1 Å². The summed E-state index contributed by atoms with van der Waals surface area (Å²) in [7, 11) is 1.38. The second kappa shape index (κ2) is 4.66. The highest BCUT2D eigenvalue weighted by Crippen LogP contribution is 2.23. The predicted molar refractivity (Wildman–Crippen MR) is 54.5 cm³/mol. The molecule has 1 atom stereocenters. The molecule has 0 saturated heterocycles. The Morgan fingerprint density at radius 2 is 2.21 bits per heavy atom. The van der Waals surface area contributed by atoms with E-state index in [1.54, 1.807) is 6.07 Å². The predicted octanol–water partition coefficient (Wildman–Crippen LogP) is 2.86. The van der Waals surface area contributed by atoms with E-state index in [0.29, 0.717) is 4.47 Å². The number of Topliss-reactive ketones (excluding diaryl/α,β-unsaturated/α-hetero) is 1. The molecule has 1 aromatic rings.